The van der Waals surface area contributed by atoms with Gasteiger partial charge >= 0.3 is 12.1 Å². The number of amides is 4. The van der Waals surface area contributed by atoms with E-state index < -0.39 is 16.1 Å². The van der Waals surface area contributed by atoms with Gasteiger partial charge in [0.05, 0.1) is 5.69 Å². The molecular formula is C22H31ClN4O4S. The zero-order chi connectivity index (χ0) is 22.9. The summed E-state index contributed by atoms with van der Waals surface area (Å²) < 4.78 is 27.1. The third kappa shape index (κ3) is 4.69. The Balaban J connectivity index is 1.44. The predicted octanol–water partition coefficient (Wildman–Crippen LogP) is 4.36. The number of carbonyl (C=O) groups excluding carboxylic acids is 2. The number of hydrogen-bond donors (Lipinski definition) is 1. The average molecular weight is 483 g/mol. The molecule has 0 radical (unpaired) electrons. The highest BCUT2D eigenvalue weighted by molar-refractivity contribution is 7.90. The van der Waals surface area contributed by atoms with Crippen LogP contribution in [0.3, 0.4) is 0 Å². The molecule has 0 aromatic heterocycles. The van der Waals surface area contributed by atoms with Crippen molar-refractivity contribution < 1.29 is 18.0 Å². The summed E-state index contributed by atoms with van der Waals surface area (Å²) in [5, 5.41) is 2.94. The van der Waals surface area contributed by atoms with Crippen LogP contribution in [-0.4, -0.2) is 67.3 Å². The molecular weight excluding hydrogens is 452 g/mol. The maximum absolute atomic E-state index is 13.2. The number of rotatable bonds is 3. The summed E-state index contributed by atoms with van der Waals surface area (Å²) in [6.45, 7) is 1.14. The largest absolute Gasteiger partial charge is 0.335 e. The summed E-state index contributed by atoms with van der Waals surface area (Å²) in [4.78, 5) is 29.5. The molecule has 2 aliphatic heterocycles. The Morgan fingerprint density at radius 1 is 1.16 bits per heavy atom. The molecule has 176 valence electrons. The number of nitrogens with one attached hydrogen (secondary N) is 1. The molecule has 1 aromatic carbocycles. The third-order valence-electron chi connectivity index (χ3n) is 6.87. The van der Waals surface area contributed by atoms with Crippen LogP contribution >= 0.6 is 11.6 Å². The minimum Gasteiger partial charge on any atom is -0.325 e. The predicted molar refractivity (Wildman–Crippen MR) is 123 cm³/mol. The number of urea groups is 2. The summed E-state index contributed by atoms with van der Waals surface area (Å²) in [7, 11) is -2.13. The number of anilines is 1. The number of likely N-dealkylation sites (tertiary alicyclic amines) is 1. The molecule has 1 saturated carbocycles. The molecule has 8 nitrogen and oxygen atoms in total. The maximum Gasteiger partial charge on any atom is 0.335 e. The summed E-state index contributed by atoms with van der Waals surface area (Å²) >= 11 is 5.99. The third-order valence-corrected chi connectivity index (χ3v) is 8.89. The molecule has 3 aliphatic rings. The van der Waals surface area contributed by atoms with Crippen molar-refractivity contribution in [3.05, 3.63) is 23.2 Å². The number of sulfonamides is 1. The quantitative estimate of drug-likeness (QED) is 0.648. The smallest absolute Gasteiger partial charge is 0.325 e. The number of piperidine rings is 1. The average Bonchev–Trinajstić information content (AvgIpc) is 3.06. The van der Waals surface area contributed by atoms with Gasteiger partial charge in [-0.15, -0.1) is 0 Å². The van der Waals surface area contributed by atoms with Gasteiger partial charge < -0.3 is 15.1 Å². The maximum atomic E-state index is 13.2. The van der Waals surface area contributed by atoms with Crippen LogP contribution in [0.2, 0.25) is 5.02 Å². The number of halogens is 1. The van der Waals surface area contributed by atoms with Crippen molar-refractivity contribution in [2.75, 3.05) is 32.0 Å². The highest BCUT2D eigenvalue weighted by Crippen LogP contribution is 2.33. The lowest BCUT2D eigenvalue weighted by atomic mass is 9.98. The van der Waals surface area contributed by atoms with E-state index in [0.717, 1.165) is 42.8 Å². The first-order valence-electron chi connectivity index (χ1n) is 11.4. The molecule has 10 heteroatoms. The lowest BCUT2D eigenvalue weighted by Gasteiger charge is -2.39. The van der Waals surface area contributed by atoms with Gasteiger partial charge in [0, 0.05) is 37.7 Å². The van der Waals surface area contributed by atoms with Crippen LogP contribution in [0.4, 0.5) is 15.3 Å². The van der Waals surface area contributed by atoms with E-state index in [1.165, 1.54) is 25.0 Å². The van der Waals surface area contributed by atoms with E-state index >= 15 is 0 Å². The van der Waals surface area contributed by atoms with Gasteiger partial charge in [0.15, 0.2) is 0 Å². The molecule has 1 saturated heterocycles. The number of carbonyl (C=O) groups is 2. The van der Waals surface area contributed by atoms with Gasteiger partial charge in [-0.1, -0.05) is 37.3 Å². The van der Waals surface area contributed by atoms with Crippen LogP contribution in [0, 0.1) is 5.92 Å². The van der Waals surface area contributed by atoms with Crippen LogP contribution in [-0.2, 0) is 10.0 Å². The van der Waals surface area contributed by atoms with E-state index in [4.69, 9.17) is 11.6 Å². The highest BCUT2D eigenvalue weighted by atomic mass is 35.5. The standard InChI is InChI=1S/C22H31ClN4O4S/c1-25(18-8-4-2-3-5-9-18)22(29)26-12-6-7-16(14-26)15-27-21(28)24-19-11-10-17(23)13-20(19)32(27,30)31/h10-11,13,16,18H,2-9,12,14-15H2,1H3,(H,24,28). The van der Waals surface area contributed by atoms with Gasteiger partial charge in [0.1, 0.15) is 4.90 Å². The van der Waals surface area contributed by atoms with Gasteiger partial charge in [-0.2, -0.15) is 0 Å². The van der Waals surface area contributed by atoms with E-state index in [2.05, 4.69) is 5.32 Å². The molecule has 1 aliphatic carbocycles. The minimum absolute atomic E-state index is 0.00133. The van der Waals surface area contributed by atoms with Crippen LogP contribution in [0.5, 0.6) is 0 Å². The van der Waals surface area contributed by atoms with Crippen molar-refractivity contribution in [1.29, 1.82) is 0 Å². The monoisotopic (exact) mass is 482 g/mol. The molecule has 2 fully saturated rings. The SMILES string of the molecule is CN(C(=O)N1CCCC(CN2C(=O)Nc3ccc(Cl)cc3S2(=O)=O)C1)C1CCCCCC1. The number of benzene rings is 1. The highest BCUT2D eigenvalue weighted by Gasteiger charge is 2.39. The molecule has 4 amide bonds. The van der Waals surface area contributed by atoms with Gasteiger partial charge in [0.2, 0.25) is 0 Å². The van der Waals surface area contributed by atoms with Gasteiger partial charge in [-0.25, -0.2) is 22.3 Å². The second-order valence-corrected chi connectivity index (χ2v) is 11.4. The van der Waals surface area contributed by atoms with Crippen molar-refractivity contribution in [1.82, 2.24) is 14.1 Å². The second kappa shape index (κ2) is 9.47. The second-order valence-electron chi connectivity index (χ2n) is 9.10. The molecule has 1 aromatic rings. The Labute approximate surface area is 194 Å². The van der Waals surface area contributed by atoms with E-state index in [9.17, 15) is 18.0 Å². The van der Waals surface area contributed by atoms with Crippen LogP contribution in [0.15, 0.2) is 23.1 Å². The Bertz CT molecular complexity index is 978. The van der Waals surface area contributed by atoms with E-state index in [-0.39, 0.29) is 35.1 Å². The van der Waals surface area contributed by atoms with Crippen molar-refractivity contribution >= 4 is 39.4 Å². The van der Waals surface area contributed by atoms with Crippen LogP contribution in [0.1, 0.15) is 51.4 Å². The zero-order valence-corrected chi connectivity index (χ0v) is 20.0. The molecule has 0 bridgehead atoms. The van der Waals surface area contributed by atoms with E-state index in [1.807, 2.05) is 16.8 Å². The summed E-state index contributed by atoms with van der Waals surface area (Å²) in [5.41, 5.74) is 0.237. The number of hydrogen-bond acceptors (Lipinski definition) is 4. The van der Waals surface area contributed by atoms with E-state index in [0.29, 0.717) is 18.1 Å². The van der Waals surface area contributed by atoms with Gasteiger partial charge in [-0.3, -0.25) is 0 Å². The minimum atomic E-state index is -4.01. The zero-order valence-electron chi connectivity index (χ0n) is 18.4. The molecule has 1 unspecified atom stereocenters. The molecule has 32 heavy (non-hydrogen) atoms. The lowest BCUT2D eigenvalue weighted by Crippen LogP contribution is -2.52. The van der Waals surface area contributed by atoms with Gasteiger partial charge in [-0.05, 0) is 49.8 Å². The van der Waals surface area contributed by atoms with Crippen molar-refractivity contribution in [3.8, 4) is 0 Å². The fourth-order valence-electron chi connectivity index (χ4n) is 5.05. The molecule has 2 heterocycles. The first kappa shape index (κ1) is 23.2. The fraction of sp³-hybridized carbons (Fsp3) is 0.636. The van der Waals surface area contributed by atoms with Crippen LogP contribution < -0.4 is 5.32 Å². The van der Waals surface area contributed by atoms with Crippen LogP contribution in [0.25, 0.3) is 0 Å². The Kier molecular flexibility index (Phi) is 6.86. The normalized spacial score (nSPS) is 23.8. The Hall–Kier alpha value is -2.00. The Morgan fingerprint density at radius 2 is 1.88 bits per heavy atom. The lowest BCUT2D eigenvalue weighted by molar-refractivity contribution is 0.116. The fourth-order valence-corrected chi connectivity index (χ4v) is 6.86. The number of nitrogens with zero attached hydrogens (tertiary/aromatic N) is 3. The topological polar surface area (TPSA) is 90.0 Å². The molecule has 1 atom stereocenters. The molecule has 4 rings (SSSR count). The van der Waals surface area contributed by atoms with Crippen molar-refractivity contribution in [2.24, 2.45) is 5.92 Å². The summed E-state index contributed by atoms with van der Waals surface area (Å²) in [6, 6.07) is 4.00. The van der Waals surface area contributed by atoms with Crippen molar-refractivity contribution in [3.63, 3.8) is 0 Å². The first-order valence-corrected chi connectivity index (χ1v) is 13.2. The summed E-state index contributed by atoms with van der Waals surface area (Å²) in [6.07, 6.45) is 8.37. The van der Waals surface area contributed by atoms with Crippen molar-refractivity contribution in [2.45, 2.75) is 62.3 Å². The first-order chi connectivity index (χ1) is 15.3. The molecule has 0 spiro atoms. The number of fused-ring (bicyclic) bond motifs is 1. The van der Waals surface area contributed by atoms with E-state index in [1.54, 1.807) is 6.07 Å². The van der Waals surface area contributed by atoms with Gasteiger partial charge in [0.25, 0.3) is 10.0 Å². The molecule has 1 N–H and O–H groups in total. The Morgan fingerprint density at radius 3 is 2.59 bits per heavy atom. The summed E-state index contributed by atoms with van der Waals surface area (Å²) in [5.74, 6) is -0.114.